The summed E-state index contributed by atoms with van der Waals surface area (Å²) in [4.78, 5) is 17.2. The molecule has 4 nitrogen and oxygen atoms in total. The molecule has 1 fully saturated rings. The molecule has 3 rings (SSSR count). The first-order valence-electron chi connectivity index (χ1n) is 10.4. The van der Waals surface area contributed by atoms with Gasteiger partial charge < -0.3 is 9.72 Å². The van der Waals surface area contributed by atoms with E-state index in [4.69, 9.17) is 4.74 Å². The van der Waals surface area contributed by atoms with E-state index in [0.717, 1.165) is 24.0 Å². The van der Waals surface area contributed by atoms with Gasteiger partial charge in [-0.1, -0.05) is 27.7 Å². The summed E-state index contributed by atoms with van der Waals surface area (Å²) in [5.74, 6) is 2.29. The van der Waals surface area contributed by atoms with Crippen LogP contribution in [0.1, 0.15) is 53.4 Å². The van der Waals surface area contributed by atoms with Gasteiger partial charge in [0.25, 0.3) is 5.56 Å². The summed E-state index contributed by atoms with van der Waals surface area (Å²) < 4.78 is 6.26. The highest BCUT2D eigenvalue weighted by atomic mass is 16.5. The van der Waals surface area contributed by atoms with E-state index in [2.05, 4.69) is 37.6 Å². The van der Waals surface area contributed by atoms with Gasteiger partial charge in [0.15, 0.2) is 0 Å². The van der Waals surface area contributed by atoms with Crippen LogP contribution >= 0.6 is 0 Å². The predicted octanol–water partition coefficient (Wildman–Crippen LogP) is 4.83. The number of nitrogens with one attached hydrogen (secondary N) is 1. The maximum absolute atomic E-state index is 11.8. The Morgan fingerprint density at radius 3 is 2.33 bits per heavy atom. The molecule has 27 heavy (non-hydrogen) atoms. The quantitative estimate of drug-likeness (QED) is 0.759. The third kappa shape index (κ3) is 5.35. The number of aromatic amines is 1. The molecule has 1 aromatic carbocycles. The Balaban J connectivity index is 1.59. The van der Waals surface area contributed by atoms with E-state index in [1.54, 1.807) is 6.20 Å². The van der Waals surface area contributed by atoms with Crippen molar-refractivity contribution < 1.29 is 4.74 Å². The summed E-state index contributed by atoms with van der Waals surface area (Å²) in [5, 5.41) is 1.65. The lowest BCUT2D eigenvalue weighted by molar-refractivity contribution is 0.0745. The van der Waals surface area contributed by atoms with Crippen molar-refractivity contribution in [1.29, 1.82) is 0 Å². The van der Waals surface area contributed by atoms with Crippen molar-refractivity contribution >= 4 is 10.8 Å². The van der Waals surface area contributed by atoms with E-state index >= 15 is 0 Å². The minimum Gasteiger partial charge on any atom is -0.490 e. The SMILES string of the molecule is CC(C)CN(CC(C)C)C1CCC(Oc2ccc3c(=O)[nH]ccc3c2)CC1. The fourth-order valence-electron chi connectivity index (χ4n) is 4.28. The number of benzene rings is 1. The number of fused-ring (bicyclic) bond motifs is 1. The molecule has 148 valence electrons. The second kappa shape index (κ2) is 8.92. The molecule has 0 spiro atoms. The monoisotopic (exact) mass is 370 g/mol. The number of hydrogen-bond acceptors (Lipinski definition) is 3. The van der Waals surface area contributed by atoms with Crippen molar-refractivity contribution in [2.75, 3.05) is 13.1 Å². The fraction of sp³-hybridized carbons (Fsp3) is 0.609. The average molecular weight is 371 g/mol. The zero-order valence-corrected chi connectivity index (χ0v) is 17.2. The number of H-pyrrole nitrogens is 1. The number of aromatic nitrogens is 1. The van der Waals surface area contributed by atoms with Gasteiger partial charge in [-0.15, -0.1) is 0 Å². The summed E-state index contributed by atoms with van der Waals surface area (Å²) >= 11 is 0. The molecular weight excluding hydrogens is 336 g/mol. The Morgan fingerprint density at radius 1 is 1.04 bits per heavy atom. The van der Waals surface area contributed by atoms with Gasteiger partial charge >= 0.3 is 0 Å². The van der Waals surface area contributed by atoms with E-state index in [9.17, 15) is 4.79 Å². The van der Waals surface area contributed by atoms with Crippen LogP contribution in [0.2, 0.25) is 0 Å². The molecule has 1 saturated carbocycles. The van der Waals surface area contributed by atoms with Gasteiger partial charge in [0.05, 0.1) is 6.10 Å². The lowest BCUT2D eigenvalue weighted by Gasteiger charge is -2.38. The standard InChI is InChI=1S/C23H34N2O2/c1-16(2)14-25(15-17(3)4)19-5-7-20(8-6-19)27-21-9-10-22-18(13-21)11-12-24-23(22)26/h9-13,16-17,19-20H,5-8,14-15H2,1-4H3,(H,24,26). The number of ether oxygens (including phenoxy) is 1. The van der Waals surface area contributed by atoms with Crippen LogP contribution < -0.4 is 10.3 Å². The van der Waals surface area contributed by atoms with Gasteiger partial charge in [-0.2, -0.15) is 0 Å². The zero-order chi connectivity index (χ0) is 19.4. The Bertz CT molecular complexity index is 778. The molecule has 0 aliphatic heterocycles. The summed E-state index contributed by atoms with van der Waals surface area (Å²) in [5.41, 5.74) is -0.0463. The van der Waals surface area contributed by atoms with Crippen LogP contribution in [0.5, 0.6) is 5.75 Å². The van der Waals surface area contributed by atoms with E-state index < -0.39 is 0 Å². The molecular formula is C23H34N2O2. The summed E-state index contributed by atoms with van der Waals surface area (Å²) in [6.45, 7) is 11.6. The van der Waals surface area contributed by atoms with E-state index in [-0.39, 0.29) is 11.7 Å². The van der Waals surface area contributed by atoms with Crippen molar-refractivity contribution in [3.8, 4) is 5.75 Å². The maximum Gasteiger partial charge on any atom is 0.255 e. The molecule has 0 bridgehead atoms. The summed E-state index contributed by atoms with van der Waals surface area (Å²) in [6, 6.07) is 8.39. The number of hydrogen-bond donors (Lipinski definition) is 1. The largest absolute Gasteiger partial charge is 0.490 e. The first-order chi connectivity index (χ1) is 12.9. The highest BCUT2D eigenvalue weighted by molar-refractivity contribution is 5.82. The highest BCUT2D eigenvalue weighted by Gasteiger charge is 2.27. The second-order valence-corrected chi connectivity index (χ2v) is 8.85. The lowest BCUT2D eigenvalue weighted by Crippen LogP contribution is -2.43. The van der Waals surface area contributed by atoms with Gasteiger partial charge in [0.1, 0.15) is 5.75 Å². The van der Waals surface area contributed by atoms with Gasteiger partial charge in [-0.05, 0) is 67.2 Å². The normalized spacial score (nSPS) is 20.7. The van der Waals surface area contributed by atoms with Gasteiger partial charge in [0.2, 0.25) is 0 Å². The Morgan fingerprint density at radius 2 is 1.70 bits per heavy atom. The smallest absolute Gasteiger partial charge is 0.255 e. The Hall–Kier alpha value is -1.81. The van der Waals surface area contributed by atoms with Gasteiger partial charge in [-0.25, -0.2) is 0 Å². The minimum atomic E-state index is -0.0463. The molecule has 0 saturated heterocycles. The number of pyridine rings is 1. The van der Waals surface area contributed by atoms with E-state index in [0.29, 0.717) is 23.3 Å². The van der Waals surface area contributed by atoms with Crippen LogP contribution in [0.3, 0.4) is 0 Å². The van der Waals surface area contributed by atoms with Crippen LogP contribution in [0, 0.1) is 11.8 Å². The fourth-order valence-corrected chi connectivity index (χ4v) is 4.28. The van der Waals surface area contributed by atoms with Crippen molar-refractivity contribution in [2.24, 2.45) is 11.8 Å². The lowest BCUT2D eigenvalue weighted by atomic mass is 9.90. The van der Waals surface area contributed by atoms with Crippen LogP contribution in [-0.2, 0) is 0 Å². The maximum atomic E-state index is 11.8. The third-order valence-corrected chi connectivity index (χ3v) is 5.41. The zero-order valence-electron chi connectivity index (χ0n) is 17.2. The van der Waals surface area contributed by atoms with Gasteiger partial charge in [-0.3, -0.25) is 9.69 Å². The number of rotatable bonds is 7. The molecule has 1 aromatic heterocycles. The number of nitrogens with zero attached hydrogens (tertiary/aromatic N) is 1. The molecule has 0 atom stereocenters. The first-order valence-corrected chi connectivity index (χ1v) is 10.4. The first kappa shape index (κ1) is 19.9. The molecule has 0 amide bonds. The molecule has 1 aliphatic rings. The molecule has 0 unspecified atom stereocenters. The van der Waals surface area contributed by atoms with Crippen molar-refractivity contribution in [2.45, 2.75) is 65.5 Å². The van der Waals surface area contributed by atoms with Crippen LogP contribution in [0.15, 0.2) is 35.3 Å². The molecule has 1 N–H and O–H groups in total. The average Bonchev–Trinajstić information content (AvgIpc) is 2.61. The van der Waals surface area contributed by atoms with Crippen LogP contribution in [0.25, 0.3) is 10.8 Å². The van der Waals surface area contributed by atoms with Crippen molar-refractivity contribution in [1.82, 2.24) is 9.88 Å². The molecule has 0 radical (unpaired) electrons. The Labute approximate surface area is 162 Å². The van der Waals surface area contributed by atoms with Crippen LogP contribution in [0.4, 0.5) is 0 Å². The minimum absolute atomic E-state index is 0.0463. The topological polar surface area (TPSA) is 45.3 Å². The van der Waals surface area contributed by atoms with Crippen LogP contribution in [-0.4, -0.2) is 35.1 Å². The highest BCUT2D eigenvalue weighted by Crippen LogP contribution is 2.28. The third-order valence-electron chi connectivity index (χ3n) is 5.41. The molecule has 1 aliphatic carbocycles. The van der Waals surface area contributed by atoms with E-state index in [1.807, 2.05) is 24.3 Å². The second-order valence-electron chi connectivity index (χ2n) is 8.85. The molecule has 4 heteroatoms. The summed E-state index contributed by atoms with van der Waals surface area (Å²) in [7, 11) is 0. The van der Waals surface area contributed by atoms with E-state index in [1.165, 1.54) is 25.9 Å². The van der Waals surface area contributed by atoms with Crippen molar-refractivity contribution in [3.63, 3.8) is 0 Å². The Kier molecular flexibility index (Phi) is 6.59. The predicted molar refractivity (Wildman–Crippen MR) is 112 cm³/mol. The van der Waals surface area contributed by atoms with Crippen molar-refractivity contribution in [3.05, 3.63) is 40.8 Å². The van der Waals surface area contributed by atoms with Gasteiger partial charge in [0, 0.05) is 30.7 Å². The molecule has 2 aromatic rings. The summed E-state index contributed by atoms with van der Waals surface area (Å²) in [6.07, 6.45) is 6.59. The molecule has 1 heterocycles.